The first-order chi connectivity index (χ1) is 10.7. The van der Waals surface area contributed by atoms with Gasteiger partial charge >= 0.3 is 0 Å². The summed E-state index contributed by atoms with van der Waals surface area (Å²) < 4.78 is 6.17. The molecule has 1 aromatic heterocycles. The lowest BCUT2D eigenvalue weighted by molar-refractivity contribution is 0.0915. The molecule has 1 atom stereocenters. The summed E-state index contributed by atoms with van der Waals surface area (Å²) in [7, 11) is 0. The number of carbonyl (C=O) groups excluding carboxylic acids is 1. The number of halogens is 1. The molecule has 0 aliphatic heterocycles. The van der Waals surface area contributed by atoms with E-state index < -0.39 is 0 Å². The molecule has 0 radical (unpaired) electrons. The number of rotatable bonds is 4. The Kier molecular flexibility index (Phi) is 4.39. The Balaban J connectivity index is 1.93. The van der Waals surface area contributed by atoms with Crippen LogP contribution in [-0.4, -0.2) is 5.91 Å². The quantitative estimate of drug-likeness (QED) is 0.745. The highest BCUT2D eigenvalue weighted by Crippen LogP contribution is 2.24. The molecule has 4 heteroatoms. The Morgan fingerprint density at radius 2 is 1.59 bits per heavy atom. The summed E-state index contributed by atoms with van der Waals surface area (Å²) >= 11 is 3.43. The van der Waals surface area contributed by atoms with Gasteiger partial charge in [-0.15, -0.1) is 0 Å². The molecule has 1 N–H and O–H groups in total. The van der Waals surface area contributed by atoms with Crippen molar-refractivity contribution < 1.29 is 9.21 Å². The van der Waals surface area contributed by atoms with E-state index in [1.165, 1.54) is 6.26 Å². The summed E-state index contributed by atoms with van der Waals surface area (Å²) in [6, 6.07) is 20.9. The molecule has 0 aliphatic carbocycles. The van der Waals surface area contributed by atoms with Crippen LogP contribution in [0.5, 0.6) is 0 Å². The fourth-order valence-corrected chi connectivity index (χ4v) is 2.53. The minimum absolute atomic E-state index is 0.230. The first-order valence-corrected chi connectivity index (χ1v) is 7.68. The predicted octanol–water partition coefficient (Wildman–Crippen LogP) is 4.56. The summed E-state index contributed by atoms with van der Waals surface area (Å²) in [5.41, 5.74) is 2.03. The highest BCUT2D eigenvalue weighted by Gasteiger charge is 2.18. The average Bonchev–Trinajstić information content (AvgIpc) is 3.09. The number of nitrogens with one attached hydrogen (secondary N) is 1. The van der Waals surface area contributed by atoms with Crippen LogP contribution in [0.25, 0.3) is 0 Å². The van der Waals surface area contributed by atoms with Crippen molar-refractivity contribution >= 4 is 21.8 Å². The smallest absolute Gasteiger partial charge is 0.287 e. The summed E-state index contributed by atoms with van der Waals surface area (Å²) in [5, 5.41) is 3.02. The van der Waals surface area contributed by atoms with Crippen LogP contribution >= 0.6 is 15.9 Å². The van der Waals surface area contributed by atoms with Crippen LogP contribution in [0, 0.1) is 0 Å². The highest BCUT2D eigenvalue weighted by molar-refractivity contribution is 9.10. The van der Waals surface area contributed by atoms with E-state index in [1.807, 2.05) is 54.6 Å². The topological polar surface area (TPSA) is 42.2 Å². The lowest BCUT2D eigenvalue weighted by atomic mass is 9.98. The van der Waals surface area contributed by atoms with Crippen molar-refractivity contribution in [3.63, 3.8) is 0 Å². The maximum Gasteiger partial charge on any atom is 0.287 e. The van der Waals surface area contributed by atoms with Gasteiger partial charge in [-0.1, -0.05) is 58.4 Å². The van der Waals surface area contributed by atoms with Gasteiger partial charge in [0.1, 0.15) is 0 Å². The van der Waals surface area contributed by atoms with Crippen molar-refractivity contribution in [2.24, 2.45) is 0 Å². The van der Waals surface area contributed by atoms with Gasteiger partial charge in [-0.05, 0) is 35.4 Å². The Bertz CT molecular complexity index is 737. The third kappa shape index (κ3) is 3.28. The number of furan rings is 1. The molecule has 0 saturated heterocycles. The number of carbonyl (C=O) groups is 1. The van der Waals surface area contributed by atoms with Crippen LogP contribution in [0.2, 0.25) is 0 Å². The lowest BCUT2D eigenvalue weighted by Gasteiger charge is -2.19. The number of hydrogen-bond donors (Lipinski definition) is 1. The van der Waals surface area contributed by atoms with Gasteiger partial charge in [0.25, 0.3) is 5.91 Å². The van der Waals surface area contributed by atoms with Crippen molar-refractivity contribution in [3.05, 3.63) is 94.4 Å². The molecular formula is C18H14BrNO2. The molecule has 1 amide bonds. The maximum absolute atomic E-state index is 12.3. The van der Waals surface area contributed by atoms with Crippen LogP contribution in [0.15, 0.2) is 81.9 Å². The van der Waals surface area contributed by atoms with E-state index in [4.69, 9.17) is 4.42 Å². The van der Waals surface area contributed by atoms with Gasteiger partial charge in [-0.3, -0.25) is 4.79 Å². The molecule has 1 heterocycles. The summed E-state index contributed by atoms with van der Waals surface area (Å²) in [5.74, 6) is 0.0693. The molecule has 3 nitrogen and oxygen atoms in total. The third-order valence-electron chi connectivity index (χ3n) is 3.36. The standard InChI is InChI=1S/C18H14BrNO2/c19-15-10-8-14(9-11-15)17(13-5-2-1-3-6-13)20-18(21)16-7-4-12-22-16/h1-12,17H,(H,20,21). The van der Waals surface area contributed by atoms with E-state index in [0.29, 0.717) is 5.76 Å². The molecule has 0 aliphatic rings. The molecule has 0 spiro atoms. The van der Waals surface area contributed by atoms with Crippen LogP contribution in [0.3, 0.4) is 0 Å². The maximum atomic E-state index is 12.3. The van der Waals surface area contributed by atoms with E-state index in [9.17, 15) is 4.79 Å². The van der Waals surface area contributed by atoms with Crippen LogP contribution < -0.4 is 5.32 Å². The zero-order chi connectivity index (χ0) is 15.4. The SMILES string of the molecule is O=C(NC(c1ccccc1)c1ccc(Br)cc1)c1ccco1. The van der Waals surface area contributed by atoms with Crippen LogP contribution in [0.1, 0.15) is 27.7 Å². The van der Waals surface area contributed by atoms with Crippen LogP contribution in [0.4, 0.5) is 0 Å². The van der Waals surface area contributed by atoms with E-state index in [1.54, 1.807) is 12.1 Å². The molecule has 1 unspecified atom stereocenters. The monoisotopic (exact) mass is 355 g/mol. The first-order valence-electron chi connectivity index (χ1n) is 6.89. The normalized spacial score (nSPS) is 11.9. The summed E-state index contributed by atoms with van der Waals surface area (Å²) in [4.78, 5) is 12.3. The zero-order valence-electron chi connectivity index (χ0n) is 11.7. The summed E-state index contributed by atoms with van der Waals surface area (Å²) in [6.45, 7) is 0. The van der Waals surface area contributed by atoms with Gasteiger partial charge in [0.15, 0.2) is 5.76 Å². The van der Waals surface area contributed by atoms with Gasteiger partial charge in [0, 0.05) is 4.47 Å². The molecule has 0 saturated carbocycles. The van der Waals surface area contributed by atoms with E-state index in [2.05, 4.69) is 21.2 Å². The number of hydrogen-bond acceptors (Lipinski definition) is 2. The van der Waals surface area contributed by atoms with Crippen molar-refractivity contribution in [2.45, 2.75) is 6.04 Å². The first kappa shape index (κ1) is 14.6. The Labute approximate surface area is 137 Å². The molecule has 0 fully saturated rings. The number of benzene rings is 2. The Hall–Kier alpha value is -2.33. The summed E-state index contributed by atoms with van der Waals surface area (Å²) in [6.07, 6.45) is 1.49. The van der Waals surface area contributed by atoms with Gasteiger partial charge < -0.3 is 9.73 Å². The highest BCUT2D eigenvalue weighted by atomic mass is 79.9. The molecule has 0 bridgehead atoms. The predicted molar refractivity (Wildman–Crippen MR) is 88.6 cm³/mol. The van der Waals surface area contributed by atoms with Gasteiger partial charge in [0.2, 0.25) is 0 Å². The van der Waals surface area contributed by atoms with Gasteiger partial charge in [0.05, 0.1) is 12.3 Å². The number of amides is 1. The third-order valence-corrected chi connectivity index (χ3v) is 3.89. The van der Waals surface area contributed by atoms with Gasteiger partial charge in [-0.2, -0.15) is 0 Å². The van der Waals surface area contributed by atoms with E-state index in [-0.39, 0.29) is 11.9 Å². The van der Waals surface area contributed by atoms with Gasteiger partial charge in [-0.25, -0.2) is 0 Å². The largest absolute Gasteiger partial charge is 0.459 e. The second kappa shape index (κ2) is 6.62. The Morgan fingerprint density at radius 3 is 2.23 bits per heavy atom. The minimum Gasteiger partial charge on any atom is -0.459 e. The Morgan fingerprint density at radius 1 is 0.909 bits per heavy atom. The second-order valence-electron chi connectivity index (χ2n) is 4.85. The molecule has 3 aromatic rings. The van der Waals surface area contributed by atoms with E-state index in [0.717, 1.165) is 15.6 Å². The van der Waals surface area contributed by atoms with E-state index >= 15 is 0 Å². The van der Waals surface area contributed by atoms with Crippen molar-refractivity contribution in [1.29, 1.82) is 0 Å². The van der Waals surface area contributed by atoms with Crippen molar-refractivity contribution in [1.82, 2.24) is 5.32 Å². The molecular weight excluding hydrogens is 342 g/mol. The molecule has 2 aromatic carbocycles. The lowest BCUT2D eigenvalue weighted by Crippen LogP contribution is -2.29. The fourth-order valence-electron chi connectivity index (χ4n) is 2.27. The average molecular weight is 356 g/mol. The second-order valence-corrected chi connectivity index (χ2v) is 5.76. The van der Waals surface area contributed by atoms with Crippen molar-refractivity contribution in [2.75, 3.05) is 0 Å². The van der Waals surface area contributed by atoms with Crippen molar-refractivity contribution in [3.8, 4) is 0 Å². The minimum atomic E-state index is -0.234. The van der Waals surface area contributed by atoms with Crippen LogP contribution in [-0.2, 0) is 0 Å². The fraction of sp³-hybridized carbons (Fsp3) is 0.0556. The molecule has 3 rings (SSSR count). The molecule has 22 heavy (non-hydrogen) atoms. The molecule has 110 valence electrons. The zero-order valence-corrected chi connectivity index (χ0v) is 13.3.